The minimum absolute atomic E-state index is 0.0920. The topological polar surface area (TPSA) is 84.6 Å². The van der Waals surface area contributed by atoms with Gasteiger partial charge in [0.05, 0.1) is 11.0 Å². The van der Waals surface area contributed by atoms with E-state index in [9.17, 15) is 10.1 Å². The number of aryl methyl sites for hydroxylation is 1. The molecule has 1 aromatic heterocycles. The Morgan fingerprint density at radius 2 is 1.54 bits per heavy atom. The highest BCUT2D eigenvalue weighted by molar-refractivity contribution is 6.31. The van der Waals surface area contributed by atoms with Crippen LogP contribution in [0.4, 0.5) is 11.5 Å². The van der Waals surface area contributed by atoms with Gasteiger partial charge in [0, 0.05) is 31.2 Å². The number of hydrogen-bond donors (Lipinski definition) is 0. The van der Waals surface area contributed by atoms with Gasteiger partial charge in [0.25, 0.3) is 0 Å². The number of hydrogen-bond acceptors (Lipinski definition) is 7. The summed E-state index contributed by atoms with van der Waals surface area (Å²) in [5.41, 5.74) is 2.98. The zero-order valence-electron chi connectivity index (χ0n) is 20.3. The number of nitro groups is 1. The monoisotopic (exact) mass is 515 g/mol. The fourth-order valence-electron chi connectivity index (χ4n) is 4.69. The zero-order valence-corrected chi connectivity index (χ0v) is 21.1. The van der Waals surface area contributed by atoms with Gasteiger partial charge in [-0.1, -0.05) is 72.3 Å². The normalized spacial score (nSPS) is 14.1. The van der Waals surface area contributed by atoms with E-state index in [1.807, 2.05) is 24.0 Å². The second-order valence-corrected chi connectivity index (χ2v) is 9.28. The van der Waals surface area contributed by atoms with Crippen LogP contribution in [0.15, 0.2) is 85.2 Å². The minimum Gasteiger partial charge on any atom is -0.434 e. The number of ether oxygens (including phenoxy) is 1. The van der Waals surface area contributed by atoms with Gasteiger partial charge >= 0.3 is 11.6 Å². The van der Waals surface area contributed by atoms with E-state index in [2.05, 4.69) is 63.4 Å². The van der Waals surface area contributed by atoms with Crippen molar-refractivity contribution in [3.63, 3.8) is 0 Å². The summed E-state index contributed by atoms with van der Waals surface area (Å²) in [6.45, 7) is 4.41. The third-order valence-electron chi connectivity index (χ3n) is 6.51. The molecule has 9 heteroatoms. The number of piperazine rings is 1. The van der Waals surface area contributed by atoms with Crippen molar-refractivity contribution in [2.45, 2.75) is 13.0 Å². The molecular weight excluding hydrogens is 490 g/mol. The Kier molecular flexibility index (Phi) is 7.30. The van der Waals surface area contributed by atoms with Crippen molar-refractivity contribution in [3.05, 3.63) is 117 Å². The lowest BCUT2D eigenvalue weighted by Gasteiger charge is -2.40. The Morgan fingerprint density at radius 3 is 2.11 bits per heavy atom. The van der Waals surface area contributed by atoms with E-state index in [-0.39, 0.29) is 23.4 Å². The van der Waals surface area contributed by atoms with Crippen molar-refractivity contribution in [1.29, 1.82) is 0 Å². The lowest BCUT2D eigenvalue weighted by atomic mass is 9.96. The molecule has 0 aliphatic carbocycles. The summed E-state index contributed by atoms with van der Waals surface area (Å²) in [4.78, 5) is 24.4. The maximum absolute atomic E-state index is 12.1. The van der Waals surface area contributed by atoms with E-state index in [4.69, 9.17) is 16.3 Å². The number of rotatable bonds is 7. The van der Waals surface area contributed by atoms with Gasteiger partial charge in [-0.3, -0.25) is 15.0 Å². The van der Waals surface area contributed by atoms with Crippen molar-refractivity contribution in [3.8, 4) is 11.6 Å². The van der Waals surface area contributed by atoms with E-state index >= 15 is 0 Å². The van der Waals surface area contributed by atoms with Crippen molar-refractivity contribution in [2.75, 3.05) is 31.1 Å². The van der Waals surface area contributed by atoms with Gasteiger partial charge < -0.3 is 9.64 Å². The first-order valence-electron chi connectivity index (χ1n) is 12.0. The fraction of sp³-hybridized carbons (Fsp3) is 0.214. The SMILES string of the molecule is Cc1cc(Oc2ncnc(N3CCN(C(c4ccccc4)c4ccccc4)CC3)c2[N+](=O)[O-])ccc1Cl. The van der Waals surface area contributed by atoms with Crippen LogP contribution in [0.25, 0.3) is 0 Å². The highest BCUT2D eigenvalue weighted by atomic mass is 35.5. The summed E-state index contributed by atoms with van der Waals surface area (Å²) in [7, 11) is 0. The Bertz CT molecular complexity index is 1340. The van der Waals surface area contributed by atoms with E-state index in [1.165, 1.54) is 17.5 Å². The van der Waals surface area contributed by atoms with Crippen LogP contribution in [0, 0.1) is 17.0 Å². The minimum atomic E-state index is -0.476. The molecule has 188 valence electrons. The molecule has 1 aliphatic heterocycles. The lowest BCUT2D eigenvalue weighted by Crippen LogP contribution is -2.48. The zero-order chi connectivity index (χ0) is 25.8. The van der Waals surface area contributed by atoms with Crippen LogP contribution in [0.2, 0.25) is 5.02 Å². The number of nitrogens with zero attached hydrogens (tertiary/aromatic N) is 5. The highest BCUT2D eigenvalue weighted by Crippen LogP contribution is 2.38. The quantitative estimate of drug-likeness (QED) is 0.219. The molecular formula is C28H26ClN5O3. The maximum Gasteiger partial charge on any atom is 0.373 e. The van der Waals surface area contributed by atoms with Crippen molar-refractivity contribution in [2.24, 2.45) is 0 Å². The number of halogens is 1. The number of aromatic nitrogens is 2. The smallest absolute Gasteiger partial charge is 0.373 e. The van der Waals surface area contributed by atoms with Crippen LogP contribution in [0.1, 0.15) is 22.7 Å². The molecule has 0 saturated carbocycles. The molecule has 0 spiro atoms. The average molecular weight is 516 g/mol. The third-order valence-corrected chi connectivity index (χ3v) is 6.93. The van der Waals surface area contributed by atoms with Gasteiger partial charge in [-0.2, -0.15) is 4.98 Å². The van der Waals surface area contributed by atoms with Gasteiger partial charge in [-0.05, 0) is 41.8 Å². The molecule has 3 aromatic carbocycles. The van der Waals surface area contributed by atoms with Crippen LogP contribution >= 0.6 is 11.6 Å². The lowest BCUT2D eigenvalue weighted by molar-refractivity contribution is -0.385. The number of benzene rings is 3. The summed E-state index contributed by atoms with van der Waals surface area (Å²) in [6.07, 6.45) is 1.31. The molecule has 0 radical (unpaired) electrons. The van der Waals surface area contributed by atoms with Crippen LogP contribution in [0.5, 0.6) is 11.6 Å². The maximum atomic E-state index is 12.1. The van der Waals surface area contributed by atoms with Gasteiger partial charge in [-0.15, -0.1) is 0 Å². The van der Waals surface area contributed by atoms with Crippen molar-refractivity contribution >= 4 is 23.1 Å². The molecule has 1 aliphatic rings. The summed E-state index contributed by atoms with van der Waals surface area (Å²) in [5.74, 6) is 0.593. The second kappa shape index (κ2) is 10.9. The third kappa shape index (κ3) is 5.40. The van der Waals surface area contributed by atoms with Crippen molar-refractivity contribution in [1.82, 2.24) is 14.9 Å². The van der Waals surface area contributed by atoms with E-state index in [0.717, 1.165) is 5.56 Å². The molecule has 1 saturated heterocycles. The van der Waals surface area contributed by atoms with Gasteiger partial charge in [0.2, 0.25) is 5.82 Å². The van der Waals surface area contributed by atoms with Crippen LogP contribution in [0.3, 0.4) is 0 Å². The molecule has 37 heavy (non-hydrogen) atoms. The molecule has 8 nitrogen and oxygen atoms in total. The van der Waals surface area contributed by atoms with Crippen molar-refractivity contribution < 1.29 is 9.66 Å². The first kappa shape index (κ1) is 24.7. The average Bonchev–Trinajstić information content (AvgIpc) is 2.92. The van der Waals surface area contributed by atoms with Crippen LogP contribution in [-0.4, -0.2) is 46.0 Å². The first-order chi connectivity index (χ1) is 18.0. The Hall–Kier alpha value is -4.01. The predicted octanol–water partition coefficient (Wildman–Crippen LogP) is 6.05. The molecule has 0 N–H and O–H groups in total. The van der Waals surface area contributed by atoms with Crippen LogP contribution in [-0.2, 0) is 0 Å². The van der Waals surface area contributed by atoms with E-state index in [1.54, 1.807) is 18.2 Å². The molecule has 0 atom stereocenters. The second-order valence-electron chi connectivity index (χ2n) is 8.87. The van der Waals surface area contributed by atoms with Gasteiger partial charge in [0.1, 0.15) is 12.1 Å². The molecule has 0 bridgehead atoms. The molecule has 2 heterocycles. The molecule has 4 aromatic rings. The summed E-state index contributed by atoms with van der Waals surface area (Å²) in [5, 5.41) is 12.7. The standard InChI is InChI=1S/C28H26ClN5O3/c1-20-18-23(12-13-24(20)29)37-28-26(34(35)36)27(30-19-31-28)33-16-14-32(15-17-33)25(21-8-4-2-5-9-21)22-10-6-3-7-11-22/h2-13,18-19,25H,14-17H2,1H3. The molecule has 0 unspecified atom stereocenters. The fourth-order valence-corrected chi connectivity index (χ4v) is 4.81. The first-order valence-corrected chi connectivity index (χ1v) is 12.4. The van der Waals surface area contributed by atoms with Gasteiger partial charge in [0.15, 0.2) is 0 Å². The molecule has 5 rings (SSSR count). The Morgan fingerprint density at radius 1 is 0.919 bits per heavy atom. The van der Waals surface area contributed by atoms with E-state index in [0.29, 0.717) is 37.0 Å². The van der Waals surface area contributed by atoms with Gasteiger partial charge in [-0.25, -0.2) is 4.98 Å². The Labute approximate surface area is 220 Å². The van der Waals surface area contributed by atoms with Crippen LogP contribution < -0.4 is 9.64 Å². The predicted molar refractivity (Wildman–Crippen MR) is 143 cm³/mol. The van der Waals surface area contributed by atoms with E-state index < -0.39 is 4.92 Å². The highest BCUT2D eigenvalue weighted by Gasteiger charge is 2.33. The summed E-state index contributed by atoms with van der Waals surface area (Å²) in [6, 6.07) is 26.0. The summed E-state index contributed by atoms with van der Waals surface area (Å²) >= 11 is 6.10. The number of anilines is 1. The summed E-state index contributed by atoms with van der Waals surface area (Å²) < 4.78 is 5.82. The Balaban J connectivity index is 1.39. The molecule has 0 amide bonds. The largest absolute Gasteiger partial charge is 0.434 e. The molecule has 1 fully saturated rings.